The summed E-state index contributed by atoms with van der Waals surface area (Å²) in [7, 11) is 0. The lowest BCUT2D eigenvalue weighted by Crippen LogP contribution is -2.55. The Hall–Kier alpha value is -1.10. The van der Waals surface area contributed by atoms with Crippen LogP contribution in [0.3, 0.4) is 0 Å². The fourth-order valence-corrected chi connectivity index (χ4v) is 2.74. The topological polar surface area (TPSA) is 78.4 Å². The minimum atomic E-state index is -0.830. The van der Waals surface area contributed by atoms with Crippen molar-refractivity contribution in [3.8, 4) is 0 Å². The first-order chi connectivity index (χ1) is 8.10. The Balaban J connectivity index is 1.81. The van der Waals surface area contributed by atoms with E-state index >= 15 is 0 Å². The first-order valence-electron chi connectivity index (χ1n) is 6.36. The number of aliphatic carboxylic acids is 1. The molecule has 1 aliphatic heterocycles. The summed E-state index contributed by atoms with van der Waals surface area (Å²) in [5.74, 6) is -0.839. The van der Waals surface area contributed by atoms with E-state index in [1.807, 2.05) is 0 Å². The van der Waals surface area contributed by atoms with Gasteiger partial charge in [-0.3, -0.25) is 9.59 Å². The summed E-state index contributed by atoms with van der Waals surface area (Å²) in [5, 5.41) is 15.0. The molecule has 1 saturated carbocycles. The third kappa shape index (κ3) is 3.19. The molecule has 0 aromatic rings. The van der Waals surface area contributed by atoms with Crippen molar-refractivity contribution >= 4 is 11.9 Å². The number of amides is 1. The van der Waals surface area contributed by atoms with Gasteiger partial charge in [0.2, 0.25) is 5.91 Å². The van der Waals surface area contributed by atoms with E-state index in [9.17, 15) is 9.59 Å². The molecule has 0 aromatic carbocycles. The molecule has 0 bridgehead atoms. The van der Waals surface area contributed by atoms with Gasteiger partial charge in [-0.05, 0) is 38.6 Å². The van der Waals surface area contributed by atoms with E-state index < -0.39 is 11.5 Å². The van der Waals surface area contributed by atoms with Gasteiger partial charge in [-0.15, -0.1) is 0 Å². The Bertz CT molecular complexity index is 307. The lowest BCUT2D eigenvalue weighted by atomic mass is 9.74. The predicted octanol–water partition coefficient (Wildman–Crippen LogP) is 0.642. The average molecular weight is 240 g/mol. The maximum absolute atomic E-state index is 11.8. The van der Waals surface area contributed by atoms with Crippen LogP contribution in [0.2, 0.25) is 0 Å². The molecule has 2 aliphatic rings. The van der Waals surface area contributed by atoms with Crippen LogP contribution in [0, 0.1) is 0 Å². The van der Waals surface area contributed by atoms with Crippen LogP contribution in [0.15, 0.2) is 0 Å². The van der Waals surface area contributed by atoms with Crippen molar-refractivity contribution in [2.45, 2.75) is 56.5 Å². The smallest absolute Gasteiger partial charge is 0.305 e. The van der Waals surface area contributed by atoms with Gasteiger partial charge >= 0.3 is 5.97 Å². The molecule has 5 heteroatoms. The lowest BCUT2D eigenvalue weighted by molar-refractivity contribution is -0.140. The second-order valence-electron chi connectivity index (χ2n) is 5.25. The summed E-state index contributed by atoms with van der Waals surface area (Å²) in [4.78, 5) is 22.6. The second-order valence-corrected chi connectivity index (χ2v) is 5.25. The SMILES string of the molecule is O=C(O)CC1(NC(=O)CC2CCCN2)CCC1. The average Bonchev–Trinajstić information content (AvgIpc) is 2.66. The van der Waals surface area contributed by atoms with Crippen LogP contribution in [0.5, 0.6) is 0 Å². The normalized spacial score (nSPS) is 26.2. The molecule has 0 aromatic heterocycles. The summed E-state index contributed by atoms with van der Waals surface area (Å²) in [6.07, 6.45) is 5.29. The van der Waals surface area contributed by atoms with Crippen molar-refractivity contribution < 1.29 is 14.7 Å². The first-order valence-corrected chi connectivity index (χ1v) is 6.36. The molecule has 96 valence electrons. The number of carboxylic acid groups (broad SMARTS) is 1. The highest BCUT2D eigenvalue weighted by Crippen LogP contribution is 2.35. The number of hydrogen-bond acceptors (Lipinski definition) is 3. The highest BCUT2D eigenvalue weighted by molar-refractivity contribution is 5.79. The van der Waals surface area contributed by atoms with Gasteiger partial charge in [0.05, 0.1) is 12.0 Å². The van der Waals surface area contributed by atoms with E-state index in [0.717, 1.165) is 38.6 Å². The van der Waals surface area contributed by atoms with E-state index in [2.05, 4.69) is 10.6 Å². The Kier molecular flexibility index (Phi) is 3.66. The van der Waals surface area contributed by atoms with Crippen LogP contribution in [0.1, 0.15) is 44.9 Å². The Labute approximate surface area is 101 Å². The number of carbonyl (C=O) groups is 2. The number of nitrogens with one attached hydrogen (secondary N) is 2. The van der Waals surface area contributed by atoms with Crippen molar-refractivity contribution in [1.82, 2.24) is 10.6 Å². The Morgan fingerprint density at radius 3 is 2.59 bits per heavy atom. The molecular weight excluding hydrogens is 220 g/mol. The van der Waals surface area contributed by atoms with Gasteiger partial charge < -0.3 is 15.7 Å². The fourth-order valence-electron chi connectivity index (χ4n) is 2.74. The molecule has 1 saturated heterocycles. The van der Waals surface area contributed by atoms with Gasteiger partial charge in [0.1, 0.15) is 0 Å². The van der Waals surface area contributed by atoms with Crippen LogP contribution in [-0.4, -0.2) is 35.1 Å². The summed E-state index contributed by atoms with van der Waals surface area (Å²) in [6, 6.07) is 0.275. The first kappa shape index (κ1) is 12.4. The molecule has 1 amide bonds. The predicted molar refractivity (Wildman–Crippen MR) is 62.6 cm³/mol. The summed E-state index contributed by atoms with van der Waals surface area (Å²) < 4.78 is 0. The second kappa shape index (κ2) is 5.04. The van der Waals surface area contributed by atoms with Gasteiger partial charge in [0.15, 0.2) is 0 Å². The number of carbonyl (C=O) groups excluding carboxylic acids is 1. The number of rotatable bonds is 5. The minimum Gasteiger partial charge on any atom is -0.481 e. The van der Waals surface area contributed by atoms with Gasteiger partial charge in [0.25, 0.3) is 0 Å². The van der Waals surface area contributed by atoms with E-state index in [-0.39, 0.29) is 18.4 Å². The van der Waals surface area contributed by atoms with Crippen LogP contribution in [0.4, 0.5) is 0 Å². The van der Waals surface area contributed by atoms with Crippen molar-refractivity contribution in [2.75, 3.05) is 6.54 Å². The highest BCUT2D eigenvalue weighted by atomic mass is 16.4. The van der Waals surface area contributed by atoms with Crippen LogP contribution < -0.4 is 10.6 Å². The molecule has 2 rings (SSSR count). The molecule has 1 aliphatic carbocycles. The Morgan fingerprint density at radius 2 is 2.12 bits per heavy atom. The minimum absolute atomic E-state index is 0.00894. The van der Waals surface area contributed by atoms with Crippen LogP contribution >= 0.6 is 0 Å². The summed E-state index contributed by atoms with van der Waals surface area (Å²) in [5.41, 5.74) is -0.457. The quantitative estimate of drug-likeness (QED) is 0.659. The summed E-state index contributed by atoms with van der Waals surface area (Å²) in [6.45, 7) is 0.984. The Morgan fingerprint density at radius 1 is 1.35 bits per heavy atom. The number of carboxylic acids is 1. The van der Waals surface area contributed by atoms with Gasteiger partial charge in [-0.25, -0.2) is 0 Å². The van der Waals surface area contributed by atoms with Crippen molar-refractivity contribution in [2.24, 2.45) is 0 Å². The standard InChI is InChI=1S/C12H20N2O3/c15-10(7-9-3-1-6-13-9)14-12(4-2-5-12)8-11(16)17/h9,13H,1-8H2,(H,14,15)(H,16,17). The van der Waals surface area contributed by atoms with Gasteiger partial charge in [0, 0.05) is 12.5 Å². The van der Waals surface area contributed by atoms with Gasteiger partial charge in [-0.2, -0.15) is 0 Å². The van der Waals surface area contributed by atoms with Crippen LogP contribution in [0.25, 0.3) is 0 Å². The third-order valence-electron chi connectivity index (χ3n) is 3.80. The molecule has 0 radical (unpaired) electrons. The van der Waals surface area contributed by atoms with E-state index in [1.54, 1.807) is 0 Å². The zero-order chi connectivity index (χ0) is 12.3. The van der Waals surface area contributed by atoms with E-state index in [0.29, 0.717) is 6.42 Å². The maximum atomic E-state index is 11.8. The molecule has 17 heavy (non-hydrogen) atoms. The molecule has 0 spiro atoms. The largest absolute Gasteiger partial charge is 0.481 e. The summed E-state index contributed by atoms with van der Waals surface area (Å²) >= 11 is 0. The molecule has 5 nitrogen and oxygen atoms in total. The monoisotopic (exact) mass is 240 g/mol. The lowest BCUT2D eigenvalue weighted by Gasteiger charge is -2.41. The van der Waals surface area contributed by atoms with Gasteiger partial charge in [-0.1, -0.05) is 0 Å². The van der Waals surface area contributed by atoms with E-state index in [4.69, 9.17) is 5.11 Å². The molecule has 1 atom stereocenters. The molecule has 1 heterocycles. The van der Waals surface area contributed by atoms with Crippen molar-refractivity contribution in [3.05, 3.63) is 0 Å². The zero-order valence-electron chi connectivity index (χ0n) is 10.00. The zero-order valence-corrected chi connectivity index (χ0v) is 10.00. The third-order valence-corrected chi connectivity index (χ3v) is 3.80. The molecule has 3 N–H and O–H groups in total. The van der Waals surface area contributed by atoms with Crippen molar-refractivity contribution in [1.29, 1.82) is 0 Å². The van der Waals surface area contributed by atoms with Crippen molar-refractivity contribution in [3.63, 3.8) is 0 Å². The molecule has 2 fully saturated rings. The molecule has 1 unspecified atom stereocenters. The number of hydrogen-bond donors (Lipinski definition) is 3. The maximum Gasteiger partial charge on any atom is 0.305 e. The van der Waals surface area contributed by atoms with Crippen LogP contribution in [-0.2, 0) is 9.59 Å². The van der Waals surface area contributed by atoms with E-state index in [1.165, 1.54) is 0 Å². The molecular formula is C12H20N2O3. The fraction of sp³-hybridized carbons (Fsp3) is 0.833. The highest BCUT2D eigenvalue weighted by Gasteiger charge is 2.40.